The summed E-state index contributed by atoms with van der Waals surface area (Å²) in [7, 11) is 0. The number of hydrogen-bond donors (Lipinski definition) is 5. The number of unbranched alkanes of at least 4 members (excludes halogenated alkanes) is 1. The first kappa shape index (κ1) is 33.0. The van der Waals surface area contributed by atoms with E-state index in [0.717, 1.165) is 15.0 Å². The molecule has 1 saturated carbocycles. The van der Waals surface area contributed by atoms with E-state index < -0.39 is 66.1 Å². The number of aliphatic hydroxyl groups is 4. The van der Waals surface area contributed by atoms with Crippen molar-refractivity contribution in [1.29, 1.82) is 0 Å². The number of carbonyl (C=O) groups is 2. The minimum absolute atomic E-state index is 0.0201. The Morgan fingerprint density at radius 3 is 2.55 bits per heavy atom. The number of rotatable bonds is 12. The summed E-state index contributed by atoms with van der Waals surface area (Å²) in [6.45, 7) is 5.02. The van der Waals surface area contributed by atoms with Gasteiger partial charge in [0.05, 0.1) is 28.7 Å². The van der Waals surface area contributed by atoms with E-state index in [4.69, 9.17) is 26.2 Å². The number of aliphatic hydroxyl groups excluding tert-OH is 4. The number of carbonyl (C=O) groups excluding carboxylic acids is 1. The molecule has 2 unspecified atom stereocenters. The summed E-state index contributed by atoms with van der Waals surface area (Å²) in [5.41, 5.74) is -0.966. The van der Waals surface area contributed by atoms with Gasteiger partial charge < -0.3 is 35.0 Å². The van der Waals surface area contributed by atoms with Gasteiger partial charge in [-0.1, -0.05) is 62.2 Å². The molecule has 0 spiro atoms. The number of Topliss-reactive ketones (excluding diaryl/α,β-unsaturated/α-hetero) is 1. The largest absolute Gasteiger partial charge is 0.481 e. The van der Waals surface area contributed by atoms with Gasteiger partial charge in [-0.3, -0.25) is 9.59 Å². The van der Waals surface area contributed by atoms with Gasteiger partial charge in [0.1, 0.15) is 24.1 Å². The summed E-state index contributed by atoms with van der Waals surface area (Å²) >= 11 is 8.25. The molecule has 42 heavy (non-hydrogen) atoms. The third-order valence-corrected chi connectivity index (χ3v) is 10.4. The quantitative estimate of drug-likeness (QED) is 0.173. The van der Waals surface area contributed by atoms with Crippen LogP contribution in [-0.4, -0.2) is 80.2 Å². The maximum Gasteiger partial charge on any atom is 0.303 e. The monoisotopic (exact) mass is 624 g/mol. The van der Waals surface area contributed by atoms with Crippen LogP contribution in [0.3, 0.4) is 0 Å². The van der Waals surface area contributed by atoms with Crippen LogP contribution in [0.25, 0.3) is 10.1 Å². The highest BCUT2D eigenvalue weighted by molar-refractivity contribution is 7.19. The summed E-state index contributed by atoms with van der Waals surface area (Å²) < 4.78 is 12.9. The maximum absolute atomic E-state index is 13.3. The van der Waals surface area contributed by atoms with E-state index in [2.05, 4.69) is 0 Å². The number of benzene rings is 1. The van der Waals surface area contributed by atoms with Crippen LogP contribution in [0.15, 0.2) is 36.4 Å². The van der Waals surface area contributed by atoms with Crippen molar-refractivity contribution < 1.29 is 44.6 Å². The van der Waals surface area contributed by atoms with E-state index in [1.807, 2.05) is 24.3 Å². The second-order valence-corrected chi connectivity index (χ2v) is 13.5. The van der Waals surface area contributed by atoms with Crippen molar-refractivity contribution in [3.05, 3.63) is 46.3 Å². The molecule has 0 radical (unpaired) electrons. The molecule has 0 bridgehead atoms. The van der Waals surface area contributed by atoms with E-state index in [-0.39, 0.29) is 12.2 Å². The normalized spacial score (nSPS) is 32.1. The number of hydrogen-bond acceptors (Lipinski definition) is 9. The molecule has 9 atom stereocenters. The molecule has 1 aromatic carbocycles. The molecule has 5 N–H and O–H groups in total. The summed E-state index contributed by atoms with van der Waals surface area (Å²) in [5.74, 6) is -1.94. The van der Waals surface area contributed by atoms with E-state index in [9.17, 15) is 30.0 Å². The van der Waals surface area contributed by atoms with Crippen molar-refractivity contribution >= 4 is 44.8 Å². The van der Waals surface area contributed by atoms with Gasteiger partial charge in [0, 0.05) is 33.2 Å². The van der Waals surface area contributed by atoms with E-state index in [1.165, 1.54) is 0 Å². The summed E-state index contributed by atoms with van der Waals surface area (Å²) in [5, 5.41) is 52.8. The Hall–Kier alpha value is -1.89. The lowest BCUT2D eigenvalue weighted by atomic mass is 9.86. The van der Waals surface area contributed by atoms with Crippen LogP contribution in [0.1, 0.15) is 57.8 Å². The molecular weight excluding hydrogens is 584 g/mol. The fraction of sp³-hybridized carbons (Fsp3) is 0.613. The third-order valence-electron chi connectivity index (χ3n) is 8.62. The first-order chi connectivity index (χ1) is 19.8. The Morgan fingerprint density at radius 2 is 1.86 bits per heavy atom. The van der Waals surface area contributed by atoms with Gasteiger partial charge in [0.15, 0.2) is 6.29 Å². The van der Waals surface area contributed by atoms with Crippen LogP contribution >= 0.6 is 22.9 Å². The van der Waals surface area contributed by atoms with Crippen molar-refractivity contribution in [2.75, 3.05) is 0 Å². The Kier molecular flexibility index (Phi) is 10.9. The number of carboxylic acids is 1. The molecule has 2 fully saturated rings. The maximum atomic E-state index is 13.3. The van der Waals surface area contributed by atoms with Crippen molar-refractivity contribution in [1.82, 2.24) is 0 Å². The van der Waals surface area contributed by atoms with Crippen molar-refractivity contribution in [2.45, 2.75) is 102 Å². The second-order valence-electron chi connectivity index (χ2n) is 12.0. The molecule has 1 aliphatic heterocycles. The van der Waals surface area contributed by atoms with Crippen molar-refractivity contribution in [3.8, 4) is 0 Å². The molecule has 0 amide bonds. The lowest BCUT2D eigenvalue weighted by Crippen LogP contribution is -2.57. The van der Waals surface area contributed by atoms with Crippen LogP contribution in [-0.2, 0) is 25.5 Å². The van der Waals surface area contributed by atoms with Crippen LogP contribution in [0.2, 0.25) is 5.02 Å². The van der Waals surface area contributed by atoms with Gasteiger partial charge in [-0.2, -0.15) is 0 Å². The zero-order chi connectivity index (χ0) is 30.8. The second kappa shape index (κ2) is 13.8. The van der Waals surface area contributed by atoms with Crippen LogP contribution in [0.4, 0.5) is 0 Å². The highest BCUT2D eigenvalue weighted by Gasteiger charge is 2.53. The molecule has 2 heterocycles. The SMILES string of the molecule is C[C@H]1OC(OC(/C=C/[C@@H]2[C@@H](CCCCC(=O)O)C(=O)C(C)(C)[C@H]2O)CCc2sc3ccccc3c2Cl)[C@H](O)[C@@H](O)[C@@H]1O. The lowest BCUT2D eigenvalue weighted by molar-refractivity contribution is -0.300. The molecule has 1 saturated heterocycles. The molecule has 2 aromatic rings. The first-order valence-corrected chi connectivity index (χ1v) is 15.7. The van der Waals surface area contributed by atoms with Gasteiger partial charge in [-0.25, -0.2) is 0 Å². The highest BCUT2D eigenvalue weighted by Crippen LogP contribution is 2.45. The molecular formula is C31H41ClO9S. The van der Waals surface area contributed by atoms with Crippen LogP contribution < -0.4 is 0 Å². The molecule has 9 nitrogen and oxygen atoms in total. The van der Waals surface area contributed by atoms with Gasteiger partial charge in [-0.15, -0.1) is 11.3 Å². The molecule has 11 heteroatoms. The molecule has 232 valence electrons. The zero-order valence-electron chi connectivity index (χ0n) is 24.1. The van der Waals surface area contributed by atoms with Gasteiger partial charge >= 0.3 is 5.97 Å². The molecule has 1 aliphatic carbocycles. The van der Waals surface area contributed by atoms with E-state index in [0.29, 0.717) is 37.1 Å². The number of aliphatic carboxylic acids is 1. The predicted octanol–water partition coefficient (Wildman–Crippen LogP) is 4.10. The van der Waals surface area contributed by atoms with Gasteiger partial charge in [0.25, 0.3) is 0 Å². The summed E-state index contributed by atoms with van der Waals surface area (Å²) in [4.78, 5) is 25.2. The number of aryl methyl sites for hydroxylation is 1. The highest BCUT2D eigenvalue weighted by atomic mass is 35.5. The smallest absolute Gasteiger partial charge is 0.303 e. The minimum Gasteiger partial charge on any atom is -0.481 e. The van der Waals surface area contributed by atoms with Crippen molar-refractivity contribution in [2.24, 2.45) is 17.3 Å². The number of fused-ring (bicyclic) bond motifs is 1. The Balaban J connectivity index is 1.56. The number of ketones is 1. The first-order valence-electron chi connectivity index (χ1n) is 14.5. The van der Waals surface area contributed by atoms with Crippen molar-refractivity contribution in [3.63, 3.8) is 0 Å². The average molecular weight is 625 g/mol. The third kappa shape index (κ3) is 7.08. The molecule has 1 aromatic heterocycles. The zero-order valence-corrected chi connectivity index (χ0v) is 25.6. The van der Waals surface area contributed by atoms with Gasteiger partial charge in [-0.05, 0) is 38.7 Å². The van der Waals surface area contributed by atoms with Crippen LogP contribution in [0.5, 0.6) is 0 Å². The fourth-order valence-electron chi connectivity index (χ4n) is 5.96. The predicted molar refractivity (Wildman–Crippen MR) is 159 cm³/mol. The van der Waals surface area contributed by atoms with E-state index >= 15 is 0 Å². The van der Waals surface area contributed by atoms with Gasteiger partial charge in [0.2, 0.25) is 0 Å². The Morgan fingerprint density at radius 1 is 1.14 bits per heavy atom. The topological polar surface area (TPSA) is 154 Å². The standard InChI is InChI=1S/C31H41ClO9S/c1-16-25(35)26(36)27(37)30(40-16)41-17(13-15-22-24(32)20-9-4-6-10-21(20)42-22)12-14-19-18(8-5-7-11-23(33)34)28(38)31(2,3)29(19)39/h4,6,9-10,12,14,16-19,25-27,29-30,35-37,39H,5,7-8,11,13,15H2,1-3H3,(H,33,34)/b14-12+/t16-,17?,18-,19-,25-,26+,27-,29+,30?/m1/s1. The van der Waals surface area contributed by atoms with Crippen LogP contribution in [0, 0.1) is 17.3 Å². The number of thiophene rings is 1. The number of ether oxygens (including phenoxy) is 2. The number of carboxylic acid groups (broad SMARTS) is 1. The summed E-state index contributed by atoms with van der Waals surface area (Å²) in [6.07, 6.45) is -1.85. The van der Waals surface area contributed by atoms with E-state index in [1.54, 1.807) is 44.3 Å². The molecule has 4 rings (SSSR count). The lowest BCUT2D eigenvalue weighted by Gasteiger charge is -2.40. The minimum atomic E-state index is -1.49. The molecule has 2 aliphatic rings. The fourth-order valence-corrected chi connectivity index (χ4v) is 7.50. The average Bonchev–Trinajstić information content (AvgIpc) is 3.35. The Bertz CT molecular complexity index is 1280. The number of halogens is 1. The summed E-state index contributed by atoms with van der Waals surface area (Å²) in [6, 6.07) is 7.84. The Labute approximate surface area is 254 Å².